The number of ether oxygens (including phenoxy) is 1. The molecule has 0 saturated heterocycles. The lowest BCUT2D eigenvalue weighted by Crippen LogP contribution is -2.15. The van der Waals surface area contributed by atoms with Gasteiger partial charge in [-0.3, -0.25) is 4.79 Å². The van der Waals surface area contributed by atoms with Crippen LogP contribution in [0.2, 0.25) is 0 Å². The molecule has 29 heavy (non-hydrogen) atoms. The first-order valence-corrected chi connectivity index (χ1v) is 9.77. The fraction of sp³-hybridized carbons (Fsp3) is 0.250. The fourth-order valence-electron chi connectivity index (χ4n) is 2.67. The highest BCUT2D eigenvalue weighted by molar-refractivity contribution is 7.99. The Bertz CT molecular complexity index is 1020. The van der Waals surface area contributed by atoms with E-state index in [1.54, 1.807) is 11.6 Å². The van der Waals surface area contributed by atoms with E-state index < -0.39 is 17.5 Å². The molecule has 0 aliphatic carbocycles. The molecule has 1 N–H and O–H groups in total. The number of hydrogen-bond donors (Lipinski definition) is 1. The molecule has 6 nitrogen and oxygen atoms in total. The van der Waals surface area contributed by atoms with Crippen LogP contribution in [0.5, 0.6) is 5.75 Å². The molecule has 0 aliphatic rings. The number of thioether (sulfide) groups is 1. The lowest BCUT2D eigenvalue weighted by molar-refractivity contribution is -0.113. The van der Waals surface area contributed by atoms with Crippen molar-refractivity contribution in [1.82, 2.24) is 14.8 Å². The van der Waals surface area contributed by atoms with Crippen molar-refractivity contribution in [1.29, 1.82) is 0 Å². The first-order valence-electron chi connectivity index (χ1n) is 8.79. The second kappa shape index (κ2) is 9.04. The Morgan fingerprint density at radius 3 is 2.55 bits per heavy atom. The molecular formula is C20H20F2N4O2S. The number of halogens is 2. The molecule has 0 saturated carbocycles. The summed E-state index contributed by atoms with van der Waals surface area (Å²) in [6.45, 7) is 4.24. The van der Waals surface area contributed by atoms with E-state index >= 15 is 0 Å². The number of aromatic nitrogens is 3. The van der Waals surface area contributed by atoms with Gasteiger partial charge in [0.2, 0.25) is 5.91 Å². The number of anilines is 1. The van der Waals surface area contributed by atoms with E-state index in [1.807, 2.05) is 26.0 Å². The standard InChI is InChI=1S/C20H20F2N4O2S/c1-12-6-13(2)8-15(7-12)28-10-18-24-25-20(26(18)3)29-11-19(27)23-17-5-4-14(21)9-16(17)22/h4-9H,10-11H2,1-3H3,(H,23,27). The molecule has 1 heterocycles. The largest absolute Gasteiger partial charge is 0.486 e. The maximum atomic E-state index is 13.6. The SMILES string of the molecule is Cc1cc(C)cc(OCc2nnc(SCC(=O)Nc3ccc(F)cc3F)n2C)c1. The zero-order chi connectivity index (χ0) is 21.0. The molecule has 1 amide bonds. The second-order valence-electron chi connectivity index (χ2n) is 6.53. The van der Waals surface area contributed by atoms with Crippen molar-refractivity contribution in [3.63, 3.8) is 0 Å². The number of rotatable bonds is 7. The summed E-state index contributed by atoms with van der Waals surface area (Å²) in [6, 6.07) is 8.92. The quantitative estimate of drug-likeness (QED) is 0.587. The molecular weight excluding hydrogens is 398 g/mol. The molecule has 0 unspecified atom stereocenters. The van der Waals surface area contributed by atoms with Crippen molar-refractivity contribution in [3.05, 3.63) is 65.0 Å². The number of benzene rings is 2. The van der Waals surface area contributed by atoms with Gasteiger partial charge in [-0.1, -0.05) is 17.8 Å². The van der Waals surface area contributed by atoms with Gasteiger partial charge in [-0.2, -0.15) is 0 Å². The van der Waals surface area contributed by atoms with Crippen LogP contribution in [0, 0.1) is 25.5 Å². The van der Waals surface area contributed by atoms with Gasteiger partial charge in [0.15, 0.2) is 11.0 Å². The second-order valence-corrected chi connectivity index (χ2v) is 7.47. The summed E-state index contributed by atoms with van der Waals surface area (Å²) in [5.41, 5.74) is 2.15. The van der Waals surface area contributed by atoms with Crippen molar-refractivity contribution < 1.29 is 18.3 Å². The Kier molecular flexibility index (Phi) is 6.48. The van der Waals surface area contributed by atoms with Gasteiger partial charge in [0.25, 0.3) is 0 Å². The molecule has 3 rings (SSSR count). The van der Waals surface area contributed by atoms with Gasteiger partial charge in [-0.25, -0.2) is 8.78 Å². The van der Waals surface area contributed by atoms with E-state index in [9.17, 15) is 13.6 Å². The third-order valence-electron chi connectivity index (χ3n) is 4.03. The Morgan fingerprint density at radius 1 is 1.14 bits per heavy atom. The van der Waals surface area contributed by atoms with Gasteiger partial charge in [0.05, 0.1) is 11.4 Å². The van der Waals surface area contributed by atoms with Crippen molar-refractivity contribution in [3.8, 4) is 5.75 Å². The molecule has 0 atom stereocenters. The van der Waals surface area contributed by atoms with Crippen LogP contribution in [0.4, 0.5) is 14.5 Å². The summed E-state index contributed by atoms with van der Waals surface area (Å²) < 4.78 is 34.1. The topological polar surface area (TPSA) is 69.0 Å². The van der Waals surface area contributed by atoms with Crippen LogP contribution in [-0.4, -0.2) is 26.4 Å². The van der Waals surface area contributed by atoms with Crippen LogP contribution in [0.25, 0.3) is 0 Å². The maximum Gasteiger partial charge on any atom is 0.234 e. The number of amides is 1. The highest BCUT2D eigenvalue weighted by Gasteiger charge is 2.13. The van der Waals surface area contributed by atoms with Crippen molar-refractivity contribution in [2.24, 2.45) is 7.05 Å². The lowest BCUT2D eigenvalue weighted by atomic mass is 10.1. The first-order chi connectivity index (χ1) is 13.8. The molecule has 1 aromatic heterocycles. The predicted molar refractivity (Wildman–Crippen MR) is 107 cm³/mol. The molecule has 9 heteroatoms. The molecule has 0 radical (unpaired) electrons. The van der Waals surface area contributed by atoms with Gasteiger partial charge in [-0.15, -0.1) is 10.2 Å². The van der Waals surface area contributed by atoms with E-state index in [2.05, 4.69) is 21.6 Å². The van der Waals surface area contributed by atoms with Gasteiger partial charge >= 0.3 is 0 Å². The zero-order valence-electron chi connectivity index (χ0n) is 16.2. The highest BCUT2D eigenvalue weighted by atomic mass is 32.2. The van der Waals surface area contributed by atoms with Gasteiger partial charge < -0.3 is 14.6 Å². The normalized spacial score (nSPS) is 10.8. The maximum absolute atomic E-state index is 13.6. The monoisotopic (exact) mass is 418 g/mol. The Hall–Kier alpha value is -2.94. The molecule has 2 aromatic carbocycles. The predicted octanol–water partition coefficient (Wildman–Crippen LogP) is 4.02. The first kappa shape index (κ1) is 20.8. The minimum atomic E-state index is -0.826. The molecule has 0 spiro atoms. The van der Waals surface area contributed by atoms with Crippen LogP contribution in [0.15, 0.2) is 41.6 Å². The van der Waals surface area contributed by atoms with Crippen molar-refractivity contribution >= 4 is 23.4 Å². The summed E-state index contributed by atoms with van der Waals surface area (Å²) in [5.74, 6) is -0.605. The van der Waals surface area contributed by atoms with Gasteiger partial charge in [0, 0.05) is 13.1 Å². The number of nitrogens with zero attached hydrogens (tertiary/aromatic N) is 3. The van der Waals surface area contributed by atoms with Crippen molar-refractivity contribution in [2.45, 2.75) is 25.6 Å². The minimum Gasteiger partial charge on any atom is -0.486 e. The summed E-state index contributed by atoms with van der Waals surface area (Å²) in [4.78, 5) is 12.0. The molecule has 3 aromatic rings. The minimum absolute atomic E-state index is 0.000716. The Balaban J connectivity index is 1.55. The molecule has 152 valence electrons. The number of carbonyl (C=O) groups excluding carboxylic acids is 1. The Morgan fingerprint density at radius 2 is 1.86 bits per heavy atom. The van der Waals surface area contributed by atoms with Crippen LogP contribution >= 0.6 is 11.8 Å². The summed E-state index contributed by atoms with van der Waals surface area (Å²) in [6.07, 6.45) is 0. The number of carbonyl (C=O) groups is 1. The van der Waals surface area contributed by atoms with Crippen LogP contribution in [0.1, 0.15) is 17.0 Å². The van der Waals surface area contributed by atoms with Crippen LogP contribution in [-0.2, 0) is 18.4 Å². The number of aryl methyl sites for hydroxylation is 2. The van der Waals surface area contributed by atoms with Crippen molar-refractivity contribution in [2.75, 3.05) is 11.1 Å². The summed E-state index contributed by atoms with van der Waals surface area (Å²) in [7, 11) is 1.78. The van der Waals surface area contributed by atoms with Gasteiger partial charge in [0.1, 0.15) is 24.0 Å². The van der Waals surface area contributed by atoms with E-state index in [0.717, 1.165) is 34.7 Å². The summed E-state index contributed by atoms with van der Waals surface area (Å²) in [5, 5.41) is 11.1. The lowest BCUT2D eigenvalue weighted by Gasteiger charge is -2.08. The van der Waals surface area contributed by atoms with E-state index in [-0.39, 0.29) is 18.0 Å². The van der Waals surface area contributed by atoms with E-state index in [1.165, 1.54) is 6.07 Å². The molecule has 0 bridgehead atoms. The number of hydrogen-bond acceptors (Lipinski definition) is 5. The zero-order valence-corrected chi connectivity index (χ0v) is 17.0. The highest BCUT2D eigenvalue weighted by Crippen LogP contribution is 2.20. The van der Waals surface area contributed by atoms with Crippen LogP contribution < -0.4 is 10.1 Å². The summed E-state index contributed by atoms with van der Waals surface area (Å²) >= 11 is 1.16. The van der Waals surface area contributed by atoms with Gasteiger partial charge in [-0.05, 0) is 49.2 Å². The molecule has 0 fully saturated rings. The van der Waals surface area contributed by atoms with E-state index in [4.69, 9.17) is 4.74 Å². The van der Waals surface area contributed by atoms with E-state index in [0.29, 0.717) is 17.0 Å². The Labute approximate surface area is 171 Å². The average Bonchev–Trinajstić information content (AvgIpc) is 3.00. The average molecular weight is 418 g/mol. The fourth-order valence-corrected chi connectivity index (χ4v) is 3.40. The van der Waals surface area contributed by atoms with Crippen LogP contribution in [0.3, 0.4) is 0 Å². The third-order valence-corrected chi connectivity index (χ3v) is 5.05. The number of nitrogens with one attached hydrogen (secondary N) is 1. The third kappa shape index (κ3) is 5.54. The smallest absolute Gasteiger partial charge is 0.234 e. The molecule has 0 aliphatic heterocycles.